The van der Waals surface area contributed by atoms with Crippen molar-refractivity contribution in [3.63, 3.8) is 0 Å². The van der Waals surface area contributed by atoms with E-state index in [9.17, 15) is 4.39 Å². The average Bonchev–Trinajstić information content (AvgIpc) is 2.99. The van der Waals surface area contributed by atoms with Crippen molar-refractivity contribution in [1.29, 1.82) is 0 Å². The van der Waals surface area contributed by atoms with Gasteiger partial charge in [0.2, 0.25) is 5.65 Å². The molecule has 24 heavy (non-hydrogen) atoms. The zero-order valence-corrected chi connectivity index (χ0v) is 12.9. The van der Waals surface area contributed by atoms with Gasteiger partial charge in [0.15, 0.2) is 0 Å². The largest absolute Gasteiger partial charge is 0.383 e. The van der Waals surface area contributed by atoms with Crippen LogP contribution in [0, 0.1) is 12.7 Å². The molecular weight excluding hydrogens is 305 g/mol. The third-order valence-corrected chi connectivity index (χ3v) is 4.01. The molecule has 2 aromatic heterocycles. The van der Waals surface area contributed by atoms with E-state index in [4.69, 9.17) is 5.73 Å². The Labute approximate surface area is 137 Å². The van der Waals surface area contributed by atoms with Crippen LogP contribution in [0.3, 0.4) is 0 Å². The minimum atomic E-state index is -0.279. The first-order valence-electron chi connectivity index (χ1n) is 7.47. The fourth-order valence-electron chi connectivity index (χ4n) is 2.76. The summed E-state index contributed by atoms with van der Waals surface area (Å²) in [6.07, 6.45) is 0. The van der Waals surface area contributed by atoms with E-state index in [-0.39, 0.29) is 5.82 Å². The standard InChI is InChI=1S/C18H14FN5/c1-10-7-8-12(9-13(10)19)14-15-17(20)22-24-18(15)23-21-16(14)11-5-3-2-4-6-11/h2-9H,1H3,(H3,20,22,23,24). The van der Waals surface area contributed by atoms with Crippen molar-refractivity contribution < 1.29 is 4.39 Å². The molecule has 0 radical (unpaired) electrons. The highest BCUT2D eigenvalue weighted by atomic mass is 19.1. The summed E-state index contributed by atoms with van der Waals surface area (Å²) in [7, 11) is 0. The van der Waals surface area contributed by atoms with Crippen LogP contribution in [-0.2, 0) is 0 Å². The first kappa shape index (κ1) is 14.3. The molecule has 0 spiro atoms. The Morgan fingerprint density at radius 2 is 1.79 bits per heavy atom. The molecule has 2 heterocycles. The van der Waals surface area contributed by atoms with E-state index >= 15 is 0 Å². The zero-order valence-electron chi connectivity index (χ0n) is 12.9. The second-order valence-electron chi connectivity index (χ2n) is 5.59. The molecular formula is C18H14FN5. The van der Waals surface area contributed by atoms with Crippen LogP contribution in [0.5, 0.6) is 0 Å². The smallest absolute Gasteiger partial charge is 0.205 e. The lowest BCUT2D eigenvalue weighted by Gasteiger charge is -2.11. The lowest BCUT2D eigenvalue weighted by molar-refractivity contribution is 0.619. The molecule has 0 aliphatic carbocycles. The van der Waals surface area contributed by atoms with Gasteiger partial charge in [0.05, 0.1) is 5.39 Å². The Kier molecular flexibility index (Phi) is 3.23. The second kappa shape index (κ2) is 5.42. The lowest BCUT2D eigenvalue weighted by atomic mass is 9.96. The van der Waals surface area contributed by atoms with Crippen molar-refractivity contribution in [1.82, 2.24) is 20.4 Å². The van der Waals surface area contributed by atoms with Crippen LogP contribution < -0.4 is 5.73 Å². The molecule has 6 heteroatoms. The quantitative estimate of drug-likeness (QED) is 0.590. The number of nitrogen functional groups attached to an aromatic ring is 1. The number of hydrogen-bond donors (Lipinski definition) is 2. The van der Waals surface area contributed by atoms with Crippen LogP contribution in [-0.4, -0.2) is 20.4 Å². The minimum absolute atomic E-state index is 0.279. The number of hydrogen-bond acceptors (Lipinski definition) is 4. The number of anilines is 1. The van der Waals surface area contributed by atoms with Crippen molar-refractivity contribution in [3.8, 4) is 22.4 Å². The highest BCUT2D eigenvalue weighted by molar-refractivity contribution is 6.04. The van der Waals surface area contributed by atoms with Gasteiger partial charge in [-0.05, 0) is 24.1 Å². The molecule has 0 saturated heterocycles. The number of fused-ring (bicyclic) bond motifs is 1. The first-order chi connectivity index (χ1) is 11.6. The van der Waals surface area contributed by atoms with Gasteiger partial charge in [-0.3, -0.25) is 5.10 Å². The normalized spacial score (nSPS) is 11.1. The summed E-state index contributed by atoms with van der Waals surface area (Å²) in [5.41, 5.74) is 9.96. The van der Waals surface area contributed by atoms with Gasteiger partial charge in [0, 0.05) is 11.1 Å². The highest BCUT2D eigenvalue weighted by Crippen LogP contribution is 2.37. The second-order valence-corrected chi connectivity index (χ2v) is 5.59. The maximum Gasteiger partial charge on any atom is 0.205 e. The molecule has 3 N–H and O–H groups in total. The van der Waals surface area contributed by atoms with Gasteiger partial charge in [-0.2, -0.15) is 5.10 Å². The first-order valence-corrected chi connectivity index (χ1v) is 7.47. The molecule has 4 rings (SSSR count). The third kappa shape index (κ3) is 2.20. The number of halogens is 1. The van der Waals surface area contributed by atoms with Crippen LogP contribution in [0.15, 0.2) is 48.5 Å². The molecule has 118 valence electrons. The number of nitrogens with zero attached hydrogens (tertiary/aromatic N) is 3. The molecule has 0 saturated carbocycles. The van der Waals surface area contributed by atoms with E-state index in [1.807, 2.05) is 36.4 Å². The molecule has 0 amide bonds. The van der Waals surface area contributed by atoms with E-state index < -0.39 is 0 Å². The molecule has 0 unspecified atom stereocenters. The van der Waals surface area contributed by atoms with E-state index in [1.54, 1.807) is 13.0 Å². The maximum atomic E-state index is 14.1. The van der Waals surface area contributed by atoms with E-state index in [0.29, 0.717) is 33.7 Å². The number of aryl methyl sites for hydroxylation is 1. The SMILES string of the molecule is Cc1ccc(-c2c(-c3ccccc3)nnc3n[nH]c(N)c23)cc1F. The molecule has 0 atom stereocenters. The molecule has 5 nitrogen and oxygen atoms in total. The maximum absolute atomic E-state index is 14.1. The monoisotopic (exact) mass is 319 g/mol. The number of aromatic amines is 1. The van der Waals surface area contributed by atoms with E-state index in [1.165, 1.54) is 6.07 Å². The third-order valence-electron chi connectivity index (χ3n) is 4.01. The van der Waals surface area contributed by atoms with Crippen molar-refractivity contribution in [2.24, 2.45) is 0 Å². The summed E-state index contributed by atoms with van der Waals surface area (Å²) in [5.74, 6) is 0.103. The molecule has 0 fully saturated rings. The molecule has 4 aromatic rings. The lowest BCUT2D eigenvalue weighted by Crippen LogP contribution is -1.96. The summed E-state index contributed by atoms with van der Waals surface area (Å²) in [5, 5.41) is 15.9. The van der Waals surface area contributed by atoms with Crippen molar-refractivity contribution >= 4 is 16.9 Å². The van der Waals surface area contributed by atoms with Gasteiger partial charge in [0.1, 0.15) is 17.3 Å². The van der Waals surface area contributed by atoms with Gasteiger partial charge in [0.25, 0.3) is 0 Å². The van der Waals surface area contributed by atoms with Crippen LogP contribution in [0.2, 0.25) is 0 Å². The summed E-state index contributed by atoms with van der Waals surface area (Å²) in [6, 6.07) is 14.7. The average molecular weight is 319 g/mol. The molecule has 2 aromatic carbocycles. The zero-order chi connectivity index (χ0) is 16.7. The number of rotatable bonds is 2. The topological polar surface area (TPSA) is 80.5 Å². The Morgan fingerprint density at radius 3 is 2.54 bits per heavy atom. The summed E-state index contributed by atoms with van der Waals surface area (Å²) in [6.45, 7) is 1.73. The molecule has 0 aliphatic rings. The van der Waals surface area contributed by atoms with Crippen LogP contribution in [0.1, 0.15) is 5.56 Å². The van der Waals surface area contributed by atoms with E-state index in [2.05, 4.69) is 20.4 Å². The highest BCUT2D eigenvalue weighted by Gasteiger charge is 2.19. The number of H-pyrrole nitrogens is 1. The number of nitrogens with one attached hydrogen (secondary N) is 1. The van der Waals surface area contributed by atoms with Gasteiger partial charge in [-0.1, -0.05) is 42.5 Å². The van der Waals surface area contributed by atoms with Crippen LogP contribution in [0.4, 0.5) is 10.2 Å². The van der Waals surface area contributed by atoms with Crippen LogP contribution >= 0.6 is 0 Å². The fraction of sp³-hybridized carbons (Fsp3) is 0.0556. The summed E-state index contributed by atoms with van der Waals surface area (Å²) in [4.78, 5) is 0. The predicted molar refractivity (Wildman–Crippen MR) is 91.7 cm³/mol. The van der Waals surface area contributed by atoms with Gasteiger partial charge in [-0.15, -0.1) is 10.2 Å². The Morgan fingerprint density at radius 1 is 1.00 bits per heavy atom. The van der Waals surface area contributed by atoms with E-state index in [0.717, 1.165) is 11.1 Å². The molecule has 0 aliphatic heterocycles. The Balaban J connectivity index is 2.10. The van der Waals surface area contributed by atoms with Gasteiger partial charge < -0.3 is 5.73 Å². The van der Waals surface area contributed by atoms with Crippen molar-refractivity contribution in [3.05, 3.63) is 59.9 Å². The molecule has 0 bridgehead atoms. The fourth-order valence-corrected chi connectivity index (χ4v) is 2.76. The van der Waals surface area contributed by atoms with Crippen LogP contribution in [0.25, 0.3) is 33.4 Å². The Hall–Kier alpha value is -3.28. The van der Waals surface area contributed by atoms with Gasteiger partial charge >= 0.3 is 0 Å². The van der Waals surface area contributed by atoms with Crippen molar-refractivity contribution in [2.45, 2.75) is 6.92 Å². The Bertz CT molecular complexity index is 1040. The predicted octanol–water partition coefficient (Wildman–Crippen LogP) is 3.72. The number of nitrogens with two attached hydrogens (primary N) is 1. The summed E-state index contributed by atoms with van der Waals surface area (Å²) >= 11 is 0. The number of aromatic nitrogens is 4. The van der Waals surface area contributed by atoms with Gasteiger partial charge in [-0.25, -0.2) is 4.39 Å². The minimum Gasteiger partial charge on any atom is -0.383 e. The van der Waals surface area contributed by atoms with Crippen molar-refractivity contribution in [2.75, 3.05) is 5.73 Å². The number of benzene rings is 2. The summed E-state index contributed by atoms with van der Waals surface area (Å²) < 4.78 is 14.1.